The van der Waals surface area contributed by atoms with Crippen molar-refractivity contribution >= 4 is 23.3 Å². The first-order chi connectivity index (χ1) is 15.0. The van der Waals surface area contributed by atoms with Crippen molar-refractivity contribution in [3.05, 3.63) is 76.7 Å². The summed E-state index contributed by atoms with van der Waals surface area (Å²) in [5.41, 5.74) is 1.38. The van der Waals surface area contributed by atoms with Crippen molar-refractivity contribution in [2.24, 2.45) is 0 Å². The third-order valence-electron chi connectivity index (χ3n) is 5.56. The summed E-state index contributed by atoms with van der Waals surface area (Å²) in [7, 11) is 1.54. The minimum Gasteiger partial charge on any atom is -0.496 e. The second-order valence-corrected chi connectivity index (χ2v) is 7.98. The Morgan fingerprint density at radius 3 is 2.74 bits per heavy atom. The Morgan fingerprint density at radius 2 is 2.00 bits per heavy atom. The number of nitrogens with one attached hydrogen (secondary N) is 1. The maximum atomic E-state index is 13.7. The minimum absolute atomic E-state index is 0.142. The topological polar surface area (TPSA) is 59.4 Å². The molecule has 8 heteroatoms. The number of nitrogens with zero attached hydrogens (tertiary/aromatic N) is 3. The van der Waals surface area contributed by atoms with Crippen LogP contribution in [0.3, 0.4) is 0 Å². The van der Waals surface area contributed by atoms with Crippen LogP contribution in [0.4, 0.5) is 10.2 Å². The molecule has 31 heavy (non-hydrogen) atoms. The number of benzene rings is 2. The molecule has 0 aliphatic carbocycles. The highest BCUT2D eigenvalue weighted by Crippen LogP contribution is 2.27. The van der Waals surface area contributed by atoms with Gasteiger partial charge in [-0.15, -0.1) is 0 Å². The predicted molar refractivity (Wildman–Crippen MR) is 118 cm³/mol. The van der Waals surface area contributed by atoms with E-state index in [0.29, 0.717) is 23.7 Å². The highest BCUT2D eigenvalue weighted by atomic mass is 35.5. The van der Waals surface area contributed by atoms with Crippen LogP contribution >= 0.6 is 11.6 Å². The van der Waals surface area contributed by atoms with Crippen molar-refractivity contribution in [1.29, 1.82) is 0 Å². The number of aromatic nitrogens is 2. The quantitative estimate of drug-likeness (QED) is 0.597. The number of likely N-dealkylation sites (tertiary alicyclic amines) is 1. The van der Waals surface area contributed by atoms with E-state index in [2.05, 4.69) is 15.3 Å². The average Bonchev–Trinajstić information content (AvgIpc) is 3.25. The summed E-state index contributed by atoms with van der Waals surface area (Å²) in [4.78, 5) is 15.0. The third kappa shape index (κ3) is 4.89. The fraction of sp³-hybridized carbons (Fsp3) is 0.304. The molecule has 4 rings (SSSR count). The number of methoxy groups -OCH3 is 1. The van der Waals surface area contributed by atoms with Gasteiger partial charge < -0.3 is 10.1 Å². The molecule has 0 spiro atoms. The monoisotopic (exact) mass is 442 g/mol. The number of hydrogen-bond donors (Lipinski definition) is 1. The molecule has 0 radical (unpaired) electrons. The number of rotatable bonds is 6. The normalized spacial score (nSPS) is 15.1. The van der Waals surface area contributed by atoms with Gasteiger partial charge in [-0.2, -0.15) is 5.10 Å². The Kier molecular flexibility index (Phi) is 6.53. The largest absolute Gasteiger partial charge is 0.496 e. The third-order valence-corrected chi connectivity index (χ3v) is 5.86. The molecule has 2 aromatic carbocycles. The fourth-order valence-electron chi connectivity index (χ4n) is 3.94. The number of halogens is 2. The van der Waals surface area contributed by atoms with Crippen LogP contribution in [-0.2, 0) is 6.54 Å². The second kappa shape index (κ2) is 9.49. The molecule has 162 valence electrons. The van der Waals surface area contributed by atoms with Crippen molar-refractivity contribution in [1.82, 2.24) is 14.7 Å². The zero-order valence-corrected chi connectivity index (χ0v) is 18.0. The van der Waals surface area contributed by atoms with Crippen LogP contribution < -0.4 is 10.1 Å². The van der Waals surface area contributed by atoms with Crippen LogP contribution in [0.25, 0.3) is 0 Å². The summed E-state index contributed by atoms with van der Waals surface area (Å²) in [6, 6.07) is 14.0. The summed E-state index contributed by atoms with van der Waals surface area (Å²) < 4.78 is 20.9. The molecule has 1 amide bonds. The van der Waals surface area contributed by atoms with Gasteiger partial charge in [0.05, 0.1) is 29.9 Å². The Bertz CT molecular complexity index is 1060. The first-order valence-corrected chi connectivity index (χ1v) is 10.6. The first kappa shape index (κ1) is 21.3. The maximum Gasteiger partial charge on any atom is 0.260 e. The SMILES string of the molecule is COc1ccccc1C(=O)Nc1ccnn1C1CCN(Cc2ccc(Cl)c(F)c2)CC1. The van der Waals surface area contributed by atoms with Crippen molar-refractivity contribution in [2.45, 2.75) is 25.4 Å². The van der Waals surface area contributed by atoms with Crippen LogP contribution in [0.1, 0.15) is 34.8 Å². The number of para-hydroxylation sites is 1. The summed E-state index contributed by atoms with van der Waals surface area (Å²) in [6.07, 6.45) is 3.46. The lowest BCUT2D eigenvalue weighted by Crippen LogP contribution is -2.35. The Morgan fingerprint density at radius 1 is 1.23 bits per heavy atom. The molecule has 0 saturated carbocycles. The van der Waals surface area contributed by atoms with E-state index in [1.54, 1.807) is 43.6 Å². The molecule has 1 fully saturated rings. The van der Waals surface area contributed by atoms with Gasteiger partial charge in [0, 0.05) is 25.7 Å². The zero-order chi connectivity index (χ0) is 21.8. The molecule has 1 N–H and O–H groups in total. The number of amides is 1. The van der Waals surface area contributed by atoms with Gasteiger partial charge in [-0.25, -0.2) is 9.07 Å². The van der Waals surface area contributed by atoms with Gasteiger partial charge in [-0.3, -0.25) is 9.69 Å². The molecule has 0 bridgehead atoms. The minimum atomic E-state index is -0.388. The van der Waals surface area contributed by atoms with E-state index >= 15 is 0 Å². The molecule has 1 aliphatic rings. The molecular weight excluding hydrogens is 419 g/mol. The Labute approximate surface area is 185 Å². The van der Waals surface area contributed by atoms with Crippen molar-refractivity contribution in [2.75, 3.05) is 25.5 Å². The molecule has 1 saturated heterocycles. The van der Waals surface area contributed by atoms with E-state index in [1.165, 1.54) is 6.07 Å². The van der Waals surface area contributed by atoms with Crippen LogP contribution in [0.5, 0.6) is 5.75 Å². The van der Waals surface area contributed by atoms with E-state index in [0.717, 1.165) is 31.5 Å². The maximum absolute atomic E-state index is 13.7. The molecule has 0 atom stereocenters. The number of hydrogen-bond acceptors (Lipinski definition) is 4. The van der Waals surface area contributed by atoms with Gasteiger partial charge in [0.25, 0.3) is 5.91 Å². The molecule has 2 heterocycles. The smallest absolute Gasteiger partial charge is 0.260 e. The van der Waals surface area contributed by atoms with E-state index < -0.39 is 0 Å². The number of ether oxygens (including phenoxy) is 1. The standard InChI is InChI=1S/C23H24ClFN4O2/c1-31-21-5-3-2-4-18(21)23(30)27-22-8-11-26-29(22)17-9-12-28(13-10-17)15-16-6-7-19(24)20(25)14-16/h2-8,11,14,17H,9-10,12-13,15H2,1H3,(H,27,30). The van der Waals surface area contributed by atoms with Gasteiger partial charge in [-0.05, 0) is 42.7 Å². The van der Waals surface area contributed by atoms with Crippen LogP contribution in [0.15, 0.2) is 54.7 Å². The van der Waals surface area contributed by atoms with E-state index in [4.69, 9.17) is 16.3 Å². The summed E-state index contributed by atoms with van der Waals surface area (Å²) in [6.45, 7) is 2.39. The van der Waals surface area contributed by atoms with Gasteiger partial charge in [0.15, 0.2) is 0 Å². The fourth-order valence-corrected chi connectivity index (χ4v) is 4.06. The molecule has 1 aromatic heterocycles. The number of piperidine rings is 1. The lowest BCUT2D eigenvalue weighted by atomic mass is 10.0. The van der Waals surface area contributed by atoms with Crippen LogP contribution in [-0.4, -0.2) is 40.8 Å². The summed E-state index contributed by atoms with van der Waals surface area (Å²) in [5, 5.41) is 7.55. The van der Waals surface area contributed by atoms with Gasteiger partial charge in [0.2, 0.25) is 0 Å². The van der Waals surface area contributed by atoms with Crippen molar-refractivity contribution in [3.63, 3.8) is 0 Å². The van der Waals surface area contributed by atoms with Crippen molar-refractivity contribution < 1.29 is 13.9 Å². The molecular formula is C23H24ClFN4O2. The summed E-state index contributed by atoms with van der Waals surface area (Å²) >= 11 is 5.77. The average molecular weight is 443 g/mol. The van der Waals surface area contributed by atoms with Gasteiger partial charge in [-0.1, -0.05) is 29.8 Å². The van der Waals surface area contributed by atoms with E-state index in [1.807, 2.05) is 16.8 Å². The number of carbonyl (C=O) groups is 1. The van der Waals surface area contributed by atoms with E-state index in [9.17, 15) is 9.18 Å². The number of anilines is 1. The first-order valence-electron chi connectivity index (χ1n) is 10.2. The zero-order valence-electron chi connectivity index (χ0n) is 17.2. The Balaban J connectivity index is 1.38. The second-order valence-electron chi connectivity index (χ2n) is 7.57. The highest BCUT2D eigenvalue weighted by molar-refractivity contribution is 6.30. The van der Waals surface area contributed by atoms with Gasteiger partial charge >= 0.3 is 0 Å². The lowest BCUT2D eigenvalue weighted by Gasteiger charge is -2.32. The van der Waals surface area contributed by atoms with Crippen LogP contribution in [0.2, 0.25) is 5.02 Å². The Hall–Kier alpha value is -2.90. The molecule has 0 unspecified atom stereocenters. The lowest BCUT2D eigenvalue weighted by molar-refractivity contribution is 0.102. The predicted octanol–water partition coefficient (Wildman–Crippen LogP) is 4.77. The molecule has 3 aromatic rings. The van der Waals surface area contributed by atoms with Gasteiger partial charge in [0.1, 0.15) is 17.4 Å². The summed E-state index contributed by atoms with van der Waals surface area (Å²) in [5.74, 6) is 0.564. The van der Waals surface area contributed by atoms with Crippen LogP contribution in [0, 0.1) is 5.82 Å². The number of carbonyl (C=O) groups excluding carboxylic acids is 1. The van der Waals surface area contributed by atoms with Crippen molar-refractivity contribution in [3.8, 4) is 5.75 Å². The van der Waals surface area contributed by atoms with E-state index in [-0.39, 0.29) is 22.8 Å². The highest BCUT2D eigenvalue weighted by Gasteiger charge is 2.24. The molecule has 1 aliphatic heterocycles. The molecule has 6 nitrogen and oxygen atoms in total.